The fraction of sp³-hybridized carbons (Fsp3) is 0.200. The molecule has 0 aliphatic heterocycles. The van der Waals surface area contributed by atoms with E-state index in [1.165, 1.54) is 0 Å². The molecule has 104 valence electrons. The number of nitrogens with zero attached hydrogens (tertiary/aromatic N) is 2. The van der Waals surface area contributed by atoms with Crippen LogP contribution in [0.2, 0.25) is 0 Å². The molecule has 2 rings (SSSR count). The second-order valence-corrected chi connectivity index (χ2v) is 4.24. The van der Waals surface area contributed by atoms with Gasteiger partial charge < -0.3 is 5.11 Å². The predicted octanol–water partition coefficient (Wildman–Crippen LogP) is -3.58. The second kappa shape index (κ2) is 5.95. The number of aromatic hydroxyl groups is 1. The highest BCUT2D eigenvalue weighted by molar-refractivity contribution is 5.59. The lowest BCUT2D eigenvalue weighted by Crippen LogP contribution is -2.68. The molecule has 0 bridgehead atoms. The highest BCUT2D eigenvalue weighted by Gasteiger charge is 2.20. The summed E-state index contributed by atoms with van der Waals surface area (Å²) in [6, 6.07) is 7.01. The van der Waals surface area contributed by atoms with Crippen LogP contribution in [0.4, 0.5) is 0 Å². The van der Waals surface area contributed by atoms with Crippen LogP contribution in [0.15, 0.2) is 28.8 Å². The molecule has 9 heteroatoms. The van der Waals surface area contributed by atoms with E-state index in [4.69, 9.17) is 23.2 Å². The van der Waals surface area contributed by atoms with Crippen LogP contribution in [-0.4, -0.2) is 10.3 Å². The molecule has 0 unspecified atom stereocenters. The van der Waals surface area contributed by atoms with Gasteiger partial charge in [-0.25, -0.2) is 23.2 Å². The number of hydrogen-bond donors (Lipinski definition) is 1. The standard InChI is InChI=1S/C10H10N2O2.ClHO4/c1-7-11-14-10(12(7)2)8-5-3-4-6-9(8)13;2-1(3,4)5/h3-6H,1-2H3;(H,2,3,4,5). The molecule has 0 atom stereocenters. The van der Waals surface area contributed by atoms with Crippen molar-refractivity contribution in [2.45, 2.75) is 6.92 Å². The Balaban J connectivity index is 0.000000312. The molecule has 0 aliphatic rings. The third-order valence-corrected chi connectivity index (χ3v) is 2.19. The van der Waals surface area contributed by atoms with Gasteiger partial charge in [-0.15, -0.1) is 10.2 Å². The first-order valence-corrected chi connectivity index (χ1v) is 6.16. The van der Waals surface area contributed by atoms with Gasteiger partial charge in [0.25, 0.3) is 0 Å². The van der Waals surface area contributed by atoms with Crippen LogP contribution in [0.25, 0.3) is 11.5 Å². The molecule has 1 heterocycles. The highest BCUT2D eigenvalue weighted by Crippen LogP contribution is 2.25. The van der Waals surface area contributed by atoms with E-state index < -0.39 is 10.2 Å². The van der Waals surface area contributed by atoms with E-state index in [-0.39, 0.29) is 5.75 Å². The van der Waals surface area contributed by atoms with E-state index >= 15 is 0 Å². The molecular formula is C10H11ClN2O6. The smallest absolute Gasteiger partial charge is 0.351 e. The summed E-state index contributed by atoms with van der Waals surface area (Å²) in [7, 11) is -3.10. The lowest BCUT2D eigenvalue weighted by Gasteiger charge is -2.17. The largest absolute Gasteiger partial charge is 0.507 e. The zero-order valence-electron chi connectivity index (χ0n) is 10.1. The van der Waals surface area contributed by atoms with Gasteiger partial charge in [0.1, 0.15) is 11.3 Å². The van der Waals surface area contributed by atoms with Crippen LogP contribution >= 0.6 is 0 Å². The first-order valence-electron chi connectivity index (χ1n) is 4.92. The fourth-order valence-corrected chi connectivity index (χ4v) is 1.26. The maximum Gasteiger partial charge on any atom is 0.351 e. The van der Waals surface area contributed by atoms with Crippen molar-refractivity contribution >= 4 is 0 Å². The van der Waals surface area contributed by atoms with Gasteiger partial charge in [0, 0.05) is 6.92 Å². The Bertz CT molecular complexity index is 545. The summed E-state index contributed by atoms with van der Waals surface area (Å²) < 4.78 is 40.9. The number of hydrogen-bond acceptors (Lipinski definition) is 7. The van der Waals surface area contributed by atoms with Gasteiger partial charge in [-0.3, -0.25) is 0 Å². The van der Waals surface area contributed by atoms with Gasteiger partial charge in [-0.05, 0) is 12.1 Å². The van der Waals surface area contributed by atoms with E-state index in [0.717, 1.165) is 5.82 Å². The van der Waals surface area contributed by atoms with Gasteiger partial charge in [0.2, 0.25) is 0 Å². The maximum atomic E-state index is 9.60. The van der Waals surface area contributed by atoms with E-state index in [2.05, 4.69) is 5.16 Å². The Morgan fingerprint density at radius 3 is 2.16 bits per heavy atom. The molecule has 0 amide bonds. The highest BCUT2D eigenvalue weighted by atomic mass is 35.7. The Morgan fingerprint density at radius 2 is 1.74 bits per heavy atom. The number of aryl methyl sites for hydroxylation is 1. The summed E-state index contributed by atoms with van der Waals surface area (Å²) in [5, 5.41) is 13.4. The van der Waals surface area contributed by atoms with Gasteiger partial charge >= 0.3 is 11.7 Å². The Hall–Kier alpha value is -1.71. The van der Waals surface area contributed by atoms with Crippen LogP contribution in [0.3, 0.4) is 0 Å². The molecule has 0 spiro atoms. The topological polar surface area (TPSA) is 142 Å². The SMILES string of the molecule is Cc1noc(-c2ccccc2O)[n+]1C.[O-][Cl+3]([O-])([O-])[O-]. The van der Waals surface area contributed by atoms with E-state index in [1.807, 2.05) is 20.0 Å². The zero-order chi connectivity index (χ0) is 14.6. The zero-order valence-corrected chi connectivity index (χ0v) is 10.8. The molecule has 1 aromatic heterocycles. The number of halogens is 1. The lowest BCUT2D eigenvalue weighted by atomic mass is 10.2. The molecule has 0 saturated heterocycles. The number of phenolic OH excluding ortho intramolecular Hbond substituents is 1. The minimum absolute atomic E-state index is 0.194. The van der Waals surface area contributed by atoms with Crippen molar-refractivity contribution < 1.29 is 43.1 Å². The lowest BCUT2D eigenvalue weighted by molar-refractivity contribution is -2.00. The van der Waals surface area contributed by atoms with Gasteiger partial charge in [-0.1, -0.05) is 12.1 Å². The monoisotopic (exact) mass is 290 g/mol. The molecule has 19 heavy (non-hydrogen) atoms. The van der Waals surface area contributed by atoms with Crippen molar-refractivity contribution in [1.82, 2.24) is 5.16 Å². The first-order chi connectivity index (χ1) is 8.70. The fourth-order valence-electron chi connectivity index (χ4n) is 1.26. The van der Waals surface area contributed by atoms with Crippen LogP contribution in [0, 0.1) is 17.2 Å². The minimum atomic E-state index is -4.94. The second-order valence-electron chi connectivity index (χ2n) is 3.49. The predicted molar refractivity (Wildman–Crippen MR) is 49.5 cm³/mol. The molecule has 8 nitrogen and oxygen atoms in total. The normalized spacial score (nSPS) is 10.8. The van der Waals surface area contributed by atoms with Crippen molar-refractivity contribution in [2.24, 2.45) is 7.05 Å². The third kappa shape index (κ3) is 4.81. The molecule has 1 aromatic carbocycles. The van der Waals surface area contributed by atoms with Crippen LogP contribution in [0.5, 0.6) is 5.75 Å². The molecule has 2 aromatic rings. The van der Waals surface area contributed by atoms with E-state index in [1.54, 1.807) is 22.8 Å². The van der Waals surface area contributed by atoms with Crippen LogP contribution in [-0.2, 0) is 7.05 Å². The van der Waals surface area contributed by atoms with Crippen molar-refractivity contribution in [3.05, 3.63) is 30.1 Å². The van der Waals surface area contributed by atoms with Gasteiger partial charge in [0.05, 0.1) is 7.05 Å². The first kappa shape index (κ1) is 15.3. The Morgan fingerprint density at radius 1 is 1.21 bits per heavy atom. The molecule has 0 fully saturated rings. The third-order valence-electron chi connectivity index (χ3n) is 2.19. The quantitative estimate of drug-likeness (QED) is 0.535. The van der Waals surface area contributed by atoms with E-state index in [9.17, 15) is 5.11 Å². The van der Waals surface area contributed by atoms with Crippen molar-refractivity contribution in [3.8, 4) is 17.2 Å². The summed E-state index contributed by atoms with van der Waals surface area (Å²) in [6.45, 7) is 1.84. The number of benzene rings is 1. The van der Waals surface area contributed by atoms with E-state index in [0.29, 0.717) is 11.5 Å². The molecule has 0 aliphatic carbocycles. The summed E-state index contributed by atoms with van der Waals surface area (Å²) in [6.07, 6.45) is 0. The van der Waals surface area contributed by atoms with Crippen molar-refractivity contribution in [1.29, 1.82) is 0 Å². The molecular weight excluding hydrogens is 280 g/mol. The number of para-hydroxylation sites is 1. The summed E-state index contributed by atoms with van der Waals surface area (Å²) >= 11 is 0. The average Bonchev–Trinajstić information content (AvgIpc) is 2.59. The van der Waals surface area contributed by atoms with Crippen LogP contribution < -0.4 is 23.2 Å². The molecule has 1 N–H and O–H groups in total. The van der Waals surface area contributed by atoms with Gasteiger partial charge in [-0.2, -0.15) is 4.57 Å². The summed E-state index contributed by atoms with van der Waals surface area (Å²) in [4.78, 5) is 0. The van der Waals surface area contributed by atoms with Gasteiger partial charge in [0.15, 0.2) is 5.16 Å². The molecule has 0 saturated carbocycles. The number of rotatable bonds is 1. The maximum absolute atomic E-state index is 9.60. The summed E-state index contributed by atoms with van der Waals surface area (Å²) in [5.41, 5.74) is 0.649. The average molecular weight is 291 g/mol. The Kier molecular flexibility index (Phi) is 4.81. The van der Waals surface area contributed by atoms with Crippen molar-refractivity contribution in [3.63, 3.8) is 0 Å². The molecule has 0 radical (unpaired) electrons. The minimum Gasteiger partial charge on any atom is -0.507 e. The Labute approximate surface area is 110 Å². The van der Waals surface area contributed by atoms with Crippen molar-refractivity contribution in [2.75, 3.05) is 0 Å². The summed E-state index contributed by atoms with van der Waals surface area (Å²) in [5.74, 6) is 1.52. The number of aromatic nitrogens is 2. The van der Waals surface area contributed by atoms with Crippen LogP contribution in [0.1, 0.15) is 5.82 Å². The number of phenols is 1.